The molecule has 2 fully saturated rings. The molecule has 0 saturated heterocycles. The van der Waals surface area contributed by atoms with Gasteiger partial charge in [-0.25, -0.2) is 0 Å². The fraction of sp³-hybridized carbons (Fsp3) is 0.452. The molecule has 4 N–H and O–H groups in total. The van der Waals surface area contributed by atoms with Gasteiger partial charge < -0.3 is 11.5 Å². The number of anilines is 2. The van der Waals surface area contributed by atoms with E-state index in [0.29, 0.717) is 11.8 Å². The topological polar surface area (TPSA) is 69.1 Å². The molecule has 34 heavy (non-hydrogen) atoms. The van der Waals surface area contributed by atoms with Crippen molar-refractivity contribution >= 4 is 17.2 Å². The maximum absolute atomic E-state index is 13.7. The Bertz CT molecular complexity index is 946. The molecule has 2 aromatic carbocycles. The van der Waals surface area contributed by atoms with Crippen molar-refractivity contribution in [1.29, 1.82) is 0 Å². The third-order valence-corrected chi connectivity index (χ3v) is 8.11. The first-order chi connectivity index (χ1) is 16.5. The summed E-state index contributed by atoms with van der Waals surface area (Å²) in [6.07, 6.45) is 16.0. The second-order valence-corrected chi connectivity index (χ2v) is 10.3. The van der Waals surface area contributed by atoms with Crippen LogP contribution in [0.4, 0.5) is 11.4 Å². The second-order valence-electron chi connectivity index (χ2n) is 10.3. The highest BCUT2D eigenvalue weighted by Crippen LogP contribution is 2.39. The monoisotopic (exact) mass is 456 g/mol. The quantitative estimate of drug-likeness (QED) is 0.315. The zero-order valence-corrected chi connectivity index (χ0v) is 20.5. The van der Waals surface area contributed by atoms with E-state index >= 15 is 0 Å². The van der Waals surface area contributed by atoms with E-state index in [9.17, 15) is 4.79 Å². The Kier molecular flexibility index (Phi) is 7.92. The molecule has 0 bridgehead atoms. The van der Waals surface area contributed by atoms with E-state index in [1.54, 1.807) is 12.2 Å². The standard InChI is InChI=1S/C31H40N2O/c1-3-25(23-15-17-27(29(32)19-23)21-11-7-5-8-12-21)31(34)26(4-2)24-16-18-28(30(33)20-24)22-13-9-6-10-14-22/h3-4,15-22,25-26H,1-2,5-14,32-33H2. The van der Waals surface area contributed by atoms with Crippen molar-refractivity contribution in [1.82, 2.24) is 0 Å². The molecule has 3 nitrogen and oxygen atoms in total. The number of allylic oxidation sites excluding steroid dienone is 2. The van der Waals surface area contributed by atoms with Gasteiger partial charge in [-0.1, -0.05) is 74.9 Å². The van der Waals surface area contributed by atoms with Crippen LogP contribution in [0.15, 0.2) is 61.7 Å². The molecule has 2 aliphatic rings. The van der Waals surface area contributed by atoms with E-state index in [4.69, 9.17) is 11.5 Å². The lowest BCUT2D eigenvalue weighted by atomic mass is 9.79. The lowest BCUT2D eigenvalue weighted by Crippen LogP contribution is -2.19. The van der Waals surface area contributed by atoms with Gasteiger partial charge in [0.25, 0.3) is 0 Å². The molecule has 2 aliphatic carbocycles. The largest absolute Gasteiger partial charge is 0.398 e. The molecule has 0 amide bonds. The van der Waals surface area contributed by atoms with E-state index in [0.717, 1.165) is 22.5 Å². The Morgan fingerprint density at radius 2 is 1.09 bits per heavy atom. The van der Waals surface area contributed by atoms with Gasteiger partial charge in [-0.05, 0) is 71.9 Å². The first-order valence-corrected chi connectivity index (χ1v) is 13.1. The number of carbonyl (C=O) groups is 1. The summed E-state index contributed by atoms with van der Waals surface area (Å²) < 4.78 is 0. The third-order valence-electron chi connectivity index (χ3n) is 8.11. The molecular formula is C31H40N2O. The van der Waals surface area contributed by atoms with Gasteiger partial charge in [-0.15, -0.1) is 13.2 Å². The third kappa shape index (κ3) is 5.14. The van der Waals surface area contributed by atoms with E-state index in [1.807, 2.05) is 12.1 Å². The summed E-state index contributed by atoms with van der Waals surface area (Å²) in [5, 5.41) is 0. The summed E-state index contributed by atoms with van der Waals surface area (Å²) in [5.41, 5.74) is 18.8. The van der Waals surface area contributed by atoms with Gasteiger partial charge in [0, 0.05) is 11.4 Å². The molecule has 3 heteroatoms. The first-order valence-electron chi connectivity index (χ1n) is 13.1. The van der Waals surface area contributed by atoms with E-state index in [1.165, 1.54) is 75.3 Å². The van der Waals surface area contributed by atoms with Crippen molar-refractivity contribution in [3.63, 3.8) is 0 Å². The molecule has 0 spiro atoms. The Hall–Kier alpha value is -2.81. The molecule has 0 aliphatic heterocycles. The highest BCUT2D eigenvalue weighted by molar-refractivity contribution is 5.95. The molecule has 180 valence electrons. The number of nitrogens with two attached hydrogens (primary N) is 2. The number of hydrogen-bond acceptors (Lipinski definition) is 3. The van der Waals surface area contributed by atoms with Crippen molar-refractivity contribution in [3.05, 3.63) is 84.0 Å². The van der Waals surface area contributed by atoms with E-state index in [-0.39, 0.29) is 5.78 Å². The van der Waals surface area contributed by atoms with Crippen LogP contribution >= 0.6 is 0 Å². The Morgan fingerprint density at radius 3 is 1.41 bits per heavy atom. The Balaban J connectivity index is 1.55. The van der Waals surface area contributed by atoms with Gasteiger partial charge in [0.05, 0.1) is 11.8 Å². The molecule has 2 aromatic rings. The van der Waals surface area contributed by atoms with Crippen LogP contribution in [0.2, 0.25) is 0 Å². The molecule has 2 unspecified atom stereocenters. The van der Waals surface area contributed by atoms with E-state index in [2.05, 4.69) is 37.4 Å². The highest BCUT2D eigenvalue weighted by Gasteiger charge is 2.28. The van der Waals surface area contributed by atoms with Crippen molar-refractivity contribution in [2.45, 2.75) is 87.9 Å². The molecule has 0 aromatic heterocycles. The van der Waals surface area contributed by atoms with Crippen molar-refractivity contribution in [3.8, 4) is 0 Å². The van der Waals surface area contributed by atoms with Crippen LogP contribution in [-0.4, -0.2) is 5.78 Å². The average molecular weight is 457 g/mol. The number of benzene rings is 2. The molecule has 0 heterocycles. The van der Waals surface area contributed by atoms with E-state index < -0.39 is 11.8 Å². The number of nitrogen functional groups attached to an aromatic ring is 2. The predicted octanol–water partition coefficient (Wildman–Crippen LogP) is 7.75. The number of hydrogen-bond donors (Lipinski definition) is 2. The molecule has 2 saturated carbocycles. The predicted molar refractivity (Wildman–Crippen MR) is 144 cm³/mol. The van der Waals surface area contributed by atoms with Gasteiger partial charge >= 0.3 is 0 Å². The zero-order chi connectivity index (χ0) is 24.1. The summed E-state index contributed by atoms with van der Waals surface area (Å²) in [4.78, 5) is 13.7. The maximum atomic E-state index is 13.7. The first kappa shape index (κ1) is 24.3. The molecular weight excluding hydrogens is 416 g/mol. The summed E-state index contributed by atoms with van der Waals surface area (Å²) in [6.45, 7) is 7.97. The van der Waals surface area contributed by atoms with Gasteiger partial charge in [-0.3, -0.25) is 4.79 Å². The number of ketones is 1. The summed E-state index contributed by atoms with van der Waals surface area (Å²) >= 11 is 0. The Morgan fingerprint density at radius 1 is 0.706 bits per heavy atom. The number of carbonyl (C=O) groups excluding carboxylic acids is 1. The lowest BCUT2D eigenvalue weighted by Gasteiger charge is -2.25. The fourth-order valence-electron chi connectivity index (χ4n) is 6.17. The van der Waals surface area contributed by atoms with Crippen LogP contribution in [0.1, 0.15) is 110 Å². The van der Waals surface area contributed by atoms with Crippen LogP contribution in [0.5, 0.6) is 0 Å². The van der Waals surface area contributed by atoms with Gasteiger partial charge in [-0.2, -0.15) is 0 Å². The average Bonchev–Trinajstić information content (AvgIpc) is 2.86. The van der Waals surface area contributed by atoms with Crippen molar-refractivity contribution in [2.75, 3.05) is 11.5 Å². The van der Waals surface area contributed by atoms with Crippen LogP contribution in [0.3, 0.4) is 0 Å². The summed E-state index contributed by atoms with van der Waals surface area (Å²) in [6, 6.07) is 12.3. The number of rotatable bonds is 8. The smallest absolute Gasteiger partial charge is 0.155 e. The number of Topliss-reactive ketones (excluding diaryl/α,β-unsaturated/α-hetero) is 1. The lowest BCUT2D eigenvalue weighted by molar-refractivity contribution is -0.120. The second kappa shape index (κ2) is 11.1. The van der Waals surface area contributed by atoms with Crippen molar-refractivity contribution < 1.29 is 4.79 Å². The van der Waals surface area contributed by atoms with Crippen molar-refractivity contribution in [2.24, 2.45) is 0 Å². The summed E-state index contributed by atoms with van der Waals surface area (Å²) in [5.74, 6) is 0.244. The minimum atomic E-state index is -0.440. The summed E-state index contributed by atoms with van der Waals surface area (Å²) in [7, 11) is 0. The van der Waals surface area contributed by atoms with Gasteiger partial charge in [0.1, 0.15) is 0 Å². The SMILES string of the molecule is C=CC(C(=O)C(C=C)c1ccc(C2CCCCC2)c(N)c1)c1ccc(C2CCCCC2)c(N)c1. The van der Waals surface area contributed by atoms with Crippen LogP contribution in [-0.2, 0) is 4.79 Å². The van der Waals surface area contributed by atoms with Gasteiger partial charge in [0.2, 0.25) is 0 Å². The van der Waals surface area contributed by atoms with Crippen LogP contribution in [0, 0.1) is 0 Å². The zero-order valence-electron chi connectivity index (χ0n) is 20.5. The highest BCUT2D eigenvalue weighted by atomic mass is 16.1. The van der Waals surface area contributed by atoms with Crippen LogP contribution < -0.4 is 11.5 Å². The fourth-order valence-corrected chi connectivity index (χ4v) is 6.17. The van der Waals surface area contributed by atoms with Gasteiger partial charge in [0.15, 0.2) is 5.78 Å². The minimum absolute atomic E-state index is 0.0552. The maximum Gasteiger partial charge on any atom is 0.155 e. The molecule has 0 radical (unpaired) electrons. The normalized spacial score (nSPS) is 19.3. The minimum Gasteiger partial charge on any atom is -0.398 e. The Labute approximate surface area is 205 Å². The molecule has 4 rings (SSSR count). The van der Waals surface area contributed by atoms with Crippen LogP contribution in [0.25, 0.3) is 0 Å². The molecule has 2 atom stereocenters.